The zero-order chi connectivity index (χ0) is 21.3. The Kier molecular flexibility index (Phi) is 4.02. The van der Waals surface area contributed by atoms with Gasteiger partial charge in [0.15, 0.2) is 0 Å². The molecule has 3 aromatic carbocycles. The minimum Gasteiger partial charge on any atom is -0.235 e. The van der Waals surface area contributed by atoms with E-state index in [9.17, 15) is 0 Å². The molecule has 0 saturated carbocycles. The van der Waals surface area contributed by atoms with E-state index in [1.165, 1.54) is 51.6 Å². The van der Waals surface area contributed by atoms with Gasteiger partial charge in [-0.2, -0.15) is 0 Å². The molecule has 0 amide bonds. The quantitative estimate of drug-likeness (QED) is 0.257. The molecule has 0 radical (unpaired) electrons. The van der Waals surface area contributed by atoms with Crippen LogP contribution in [0.15, 0.2) is 60.9 Å². The molecule has 0 fully saturated rings. The molecular weight excluding hydrogens is 416 g/mol. The number of aryl methyl sites for hydroxylation is 1. The standard InChI is InChI=1S/C27H22N2S2/c1-15-11-17-9-10-20-23-26(31-25(20)24(17)30-15)22(28-14-29-23)18-12-16-7-5-6-8-19(16)21(13-18)27(2,3)4/h5-14H,1-4H3. The minimum absolute atomic E-state index is 0.0442. The van der Waals surface area contributed by atoms with Crippen molar-refractivity contribution in [3.8, 4) is 11.3 Å². The molecule has 3 heterocycles. The zero-order valence-corrected chi connectivity index (χ0v) is 19.6. The van der Waals surface area contributed by atoms with E-state index in [-0.39, 0.29) is 5.41 Å². The second kappa shape index (κ2) is 6.59. The Morgan fingerprint density at radius 3 is 2.42 bits per heavy atom. The van der Waals surface area contributed by atoms with Crippen molar-refractivity contribution in [1.29, 1.82) is 0 Å². The van der Waals surface area contributed by atoms with E-state index in [0.717, 1.165) is 11.2 Å². The molecule has 0 bridgehead atoms. The zero-order valence-electron chi connectivity index (χ0n) is 18.0. The summed E-state index contributed by atoms with van der Waals surface area (Å²) in [4.78, 5) is 10.8. The Morgan fingerprint density at radius 2 is 1.58 bits per heavy atom. The molecule has 31 heavy (non-hydrogen) atoms. The summed E-state index contributed by atoms with van der Waals surface area (Å²) in [6, 6.07) is 20.0. The number of aromatic nitrogens is 2. The molecule has 6 rings (SSSR count). The molecule has 0 spiro atoms. The molecule has 152 valence electrons. The molecule has 0 N–H and O–H groups in total. The first-order valence-electron chi connectivity index (χ1n) is 10.5. The van der Waals surface area contributed by atoms with Gasteiger partial charge >= 0.3 is 0 Å². The van der Waals surface area contributed by atoms with Crippen molar-refractivity contribution in [2.75, 3.05) is 0 Å². The number of benzene rings is 3. The minimum atomic E-state index is 0.0442. The van der Waals surface area contributed by atoms with Crippen LogP contribution in [-0.2, 0) is 5.41 Å². The van der Waals surface area contributed by atoms with Crippen molar-refractivity contribution in [2.45, 2.75) is 33.1 Å². The third kappa shape index (κ3) is 2.89. The Balaban J connectivity index is 1.70. The maximum atomic E-state index is 4.79. The maximum absolute atomic E-state index is 4.79. The van der Waals surface area contributed by atoms with Crippen molar-refractivity contribution in [3.05, 3.63) is 71.4 Å². The number of nitrogens with zero attached hydrogens (tertiary/aromatic N) is 2. The molecule has 0 aliphatic carbocycles. The monoisotopic (exact) mass is 438 g/mol. The van der Waals surface area contributed by atoms with Gasteiger partial charge in [0.1, 0.15) is 6.33 Å². The van der Waals surface area contributed by atoms with Gasteiger partial charge in [-0.05, 0) is 52.3 Å². The van der Waals surface area contributed by atoms with E-state index < -0.39 is 0 Å². The largest absolute Gasteiger partial charge is 0.235 e. The van der Waals surface area contributed by atoms with Crippen molar-refractivity contribution in [3.63, 3.8) is 0 Å². The summed E-state index contributed by atoms with van der Waals surface area (Å²) in [6.45, 7) is 9.02. The number of hydrogen-bond acceptors (Lipinski definition) is 4. The van der Waals surface area contributed by atoms with Crippen molar-refractivity contribution in [2.24, 2.45) is 0 Å². The fraction of sp³-hybridized carbons (Fsp3) is 0.185. The van der Waals surface area contributed by atoms with Crippen LogP contribution in [0, 0.1) is 6.92 Å². The lowest BCUT2D eigenvalue weighted by Crippen LogP contribution is -2.12. The average molecular weight is 439 g/mol. The first-order chi connectivity index (χ1) is 14.9. The predicted molar refractivity (Wildman–Crippen MR) is 137 cm³/mol. The number of thiophene rings is 2. The summed E-state index contributed by atoms with van der Waals surface area (Å²) >= 11 is 3.70. The van der Waals surface area contributed by atoms with Crippen LogP contribution in [0.25, 0.3) is 52.4 Å². The highest BCUT2D eigenvalue weighted by Gasteiger charge is 2.21. The first kappa shape index (κ1) is 18.9. The molecule has 4 heteroatoms. The molecule has 0 atom stereocenters. The lowest BCUT2D eigenvalue weighted by atomic mass is 9.82. The van der Waals surface area contributed by atoms with E-state index in [4.69, 9.17) is 9.97 Å². The predicted octanol–water partition coefficient (Wildman–Crippen LogP) is 8.49. The molecule has 0 unspecified atom stereocenters. The van der Waals surface area contributed by atoms with Crippen LogP contribution in [0.4, 0.5) is 0 Å². The van der Waals surface area contributed by atoms with Gasteiger partial charge in [-0.1, -0.05) is 57.2 Å². The topological polar surface area (TPSA) is 25.8 Å². The van der Waals surface area contributed by atoms with Crippen LogP contribution in [0.1, 0.15) is 31.2 Å². The normalized spacial score (nSPS) is 12.5. The lowest BCUT2D eigenvalue weighted by molar-refractivity contribution is 0.596. The summed E-state index contributed by atoms with van der Waals surface area (Å²) in [5, 5.41) is 5.12. The summed E-state index contributed by atoms with van der Waals surface area (Å²) in [6.07, 6.45) is 1.72. The number of hydrogen-bond donors (Lipinski definition) is 0. The van der Waals surface area contributed by atoms with Gasteiger partial charge < -0.3 is 0 Å². The first-order valence-corrected chi connectivity index (χ1v) is 12.1. The fourth-order valence-electron chi connectivity index (χ4n) is 4.53. The van der Waals surface area contributed by atoms with Gasteiger partial charge in [0.25, 0.3) is 0 Å². The summed E-state index contributed by atoms with van der Waals surface area (Å²) in [5.41, 5.74) is 4.65. The van der Waals surface area contributed by atoms with E-state index in [2.05, 4.69) is 82.3 Å². The SMILES string of the molecule is Cc1cc2ccc3c4ncnc(-c5cc(C(C)(C)C)c6ccccc6c5)c4sc3c2s1. The highest BCUT2D eigenvalue weighted by molar-refractivity contribution is 7.31. The van der Waals surface area contributed by atoms with E-state index in [0.29, 0.717) is 0 Å². The number of fused-ring (bicyclic) bond motifs is 6. The Labute approximate surface area is 189 Å². The highest BCUT2D eigenvalue weighted by Crippen LogP contribution is 2.44. The van der Waals surface area contributed by atoms with Gasteiger partial charge in [-0.25, -0.2) is 9.97 Å². The van der Waals surface area contributed by atoms with Crippen LogP contribution in [-0.4, -0.2) is 9.97 Å². The van der Waals surface area contributed by atoms with Gasteiger partial charge in [0, 0.05) is 15.8 Å². The summed E-state index contributed by atoms with van der Waals surface area (Å²) in [7, 11) is 0. The Hall–Kier alpha value is -2.82. The second-order valence-corrected chi connectivity index (χ2v) is 11.5. The van der Waals surface area contributed by atoms with Crippen LogP contribution in [0.2, 0.25) is 0 Å². The summed E-state index contributed by atoms with van der Waals surface area (Å²) < 4.78 is 3.85. The molecule has 2 nitrogen and oxygen atoms in total. The number of rotatable bonds is 1. The third-order valence-corrected chi connectivity index (χ3v) is 8.40. The van der Waals surface area contributed by atoms with Crippen LogP contribution >= 0.6 is 22.7 Å². The van der Waals surface area contributed by atoms with Gasteiger partial charge in [0.05, 0.1) is 25.3 Å². The van der Waals surface area contributed by atoms with Crippen molar-refractivity contribution < 1.29 is 0 Å². The fourth-order valence-corrected chi connectivity index (χ4v) is 6.95. The highest BCUT2D eigenvalue weighted by atomic mass is 32.1. The van der Waals surface area contributed by atoms with Crippen LogP contribution < -0.4 is 0 Å². The van der Waals surface area contributed by atoms with Crippen LogP contribution in [0.3, 0.4) is 0 Å². The Morgan fingerprint density at radius 1 is 0.742 bits per heavy atom. The van der Waals surface area contributed by atoms with E-state index in [1.807, 2.05) is 22.7 Å². The van der Waals surface area contributed by atoms with Crippen molar-refractivity contribution >= 4 is 63.8 Å². The van der Waals surface area contributed by atoms with Gasteiger partial charge in [0.2, 0.25) is 0 Å². The molecule has 0 aliphatic heterocycles. The maximum Gasteiger partial charge on any atom is 0.116 e. The molecule has 3 aromatic heterocycles. The van der Waals surface area contributed by atoms with Gasteiger partial charge in [-0.15, -0.1) is 22.7 Å². The van der Waals surface area contributed by atoms with Crippen LogP contribution in [0.5, 0.6) is 0 Å². The summed E-state index contributed by atoms with van der Waals surface area (Å²) in [5.74, 6) is 0. The molecule has 6 aromatic rings. The molecular formula is C27H22N2S2. The third-order valence-electron chi connectivity index (χ3n) is 5.97. The Bertz CT molecular complexity index is 1630. The second-order valence-electron chi connectivity index (χ2n) is 9.21. The van der Waals surface area contributed by atoms with E-state index in [1.54, 1.807) is 6.33 Å². The lowest BCUT2D eigenvalue weighted by Gasteiger charge is -2.22. The molecule has 0 aliphatic rings. The molecule has 0 saturated heterocycles. The van der Waals surface area contributed by atoms with Gasteiger partial charge in [-0.3, -0.25) is 0 Å². The van der Waals surface area contributed by atoms with Crippen molar-refractivity contribution in [1.82, 2.24) is 9.97 Å². The van der Waals surface area contributed by atoms with E-state index >= 15 is 0 Å². The smallest absolute Gasteiger partial charge is 0.116 e. The average Bonchev–Trinajstić information content (AvgIpc) is 3.31.